The summed E-state index contributed by atoms with van der Waals surface area (Å²) in [5.74, 6) is 0.0551. The molecule has 1 atom stereocenters. The first-order valence-electron chi connectivity index (χ1n) is 7.27. The van der Waals surface area contributed by atoms with Gasteiger partial charge >= 0.3 is 0 Å². The Morgan fingerprint density at radius 2 is 1.67 bits per heavy atom. The van der Waals surface area contributed by atoms with Gasteiger partial charge in [0.15, 0.2) is 0 Å². The summed E-state index contributed by atoms with van der Waals surface area (Å²) in [6.45, 7) is 4.86. The summed E-state index contributed by atoms with van der Waals surface area (Å²) in [6.07, 6.45) is 10.6. The minimum absolute atomic E-state index is 0.0551. The van der Waals surface area contributed by atoms with Crippen molar-refractivity contribution in [3.63, 3.8) is 0 Å². The van der Waals surface area contributed by atoms with E-state index in [0.29, 0.717) is 6.42 Å². The molecule has 0 saturated carbocycles. The Labute approximate surface area is 118 Å². The lowest BCUT2D eigenvalue weighted by Crippen LogP contribution is -2.27. The highest BCUT2D eigenvalue weighted by Crippen LogP contribution is 2.08. The van der Waals surface area contributed by atoms with E-state index in [1.54, 1.807) is 0 Å². The summed E-state index contributed by atoms with van der Waals surface area (Å²) in [7, 11) is 0. The van der Waals surface area contributed by atoms with Gasteiger partial charge in [-0.2, -0.15) is 0 Å². The van der Waals surface area contributed by atoms with Crippen molar-refractivity contribution >= 4 is 18.8 Å². The lowest BCUT2D eigenvalue weighted by Gasteiger charge is -2.08. The lowest BCUT2D eigenvalue weighted by molar-refractivity contribution is -0.122. The summed E-state index contributed by atoms with van der Waals surface area (Å²) in [6, 6.07) is 0. The second-order valence-corrected chi connectivity index (χ2v) is 5.16. The molecule has 0 heterocycles. The number of carbonyl (C=O) groups is 1. The Morgan fingerprint density at radius 1 is 1.11 bits per heavy atom. The zero-order valence-electron chi connectivity index (χ0n) is 11.9. The number of amides is 1. The van der Waals surface area contributed by atoms with Gasteiger partial charge in [0.05, 0.1) is 12.5 Å². The summed E-state index contributed by atoms with van der Waals surface area (Å²) >= 11 is 3.68. The Bertz CT molecular complexity index is 200. The first kappa shape index (κ1) is 17.8. The fraction of sp³-hybridized carbons (Fsp3) is 0.929. The molecule has 0 aromatic carbocycles. The molecule has 108 valence electrons. The fourth-order valence-electron chi connectivity index (χ4n) is 1.86. The molecule has 18 heavy (non-hydrogen) atoms. The summed E-state index contributed by atoms with van der Waals surface area (Å²) in [5, 5.41) is 2.91. The molecular formula is C14H29NO2S. The van der Waals surface area contributed by atoms with E-state index >= 15 is 0 Å². The summed E-state index contributed by atoms with van der Waals surface area (Å²) < 4.78 is 4.75. The van der Waals surface area contributed by atoms with Gasteiger partial charge < -0.3 is 9.50 Å². The van der Waals surface area contributed by atoms with E-state index < -0.39 is 0 Å². The fourth-order valence-corrected chi connectivity index (χ4v) is 1.93. The van der Waals surface area contributed by atoms with Gasteiger partial charge in [-0.25, -0.2) is 0 Å². The number of rotatable bonds is 12. The Balaban J connectivity index is 3.17. The van der Waals surface area contributed by atoms with E-state index in [2.05, 4.69) is 25.2 Å². The molecule has 0 aromatic rings. The minimum Gasteiger partial charge on any atom is -0.356 e. The predicted octanol–water partition coefficient (Wildman–Crippen LogP) is 3.88. The van der Waals surface area contributed by atoms with Gasteiger partial charge in [-0.1, -0.05) is 51.9 Å². The molecular weight excluding hydrogens is 246 g/mol. The molecule has 1 N–H and O–H groups in total. The average molecular weight is 275 g/mol. The highest BCUT2D eigenvalue weighted by Gasteiger charge is 2.07. The molecule has 1 unspecified atom stereocenters. The maximum Gasteiger partial charge on any atom is 0.222 e. The van der Waals surface area contributed by atoms with Crippen LogP contribution in [0.25, 0.3) is 0 Å². The molecule has 0 aliphatic rings. The molecule has 1 amide bonds. The van der Waals surface area contributed by atoms with Crippen molar-refractivity contribution in [2.24, 2.45) is 0 Å². The van der Waals surface area contributed by atoms with E-state index in [1.807, 2.05) is 6.92 Å². The third-order valence-corrected chi connectivity index (χ3v) is 3.37. The standard InChI is InChI=1S/C14H29NO2S/c1-3-4-5-6-7-8-9-10-11-15-14(16)12-13(2)17-18/h13,18H,3-12H2,1-2H3,(H,15,16). The lowest BCUT2D eigenvalue weighted by atomic mass is 10.1. The third kappa shape index (κ3) is 12.2. The maximum atomic E-state index is 11.4. The van der Waals surface area contributed by atoms with Crippen molar-refractivity contribution in [1.82, 2.24) is 5.32 Å². The number of nitrogens with one attached hydrogen (secondary N) is 1. The van der Waals surface area contributed by atoms with Crippen LogP contribution in [0, 0.1) is 0 Å². The normalized spacial score (nSPS) is 12.4. The van der Waals surface area contributed by atoms with Crippen LogP contribution in [0.2, 0.25) is 0 Å². The minimum atomic E-state index is -0.119. The SMILES string of the molecule is CCCCCCCCCCNC(=O)CC(C)OS. The van der Waals surface area contributed by atoms with Crippen molar-refractivity contribution in [1.29, 1.82) is 0 Å². The second kappa shape index (κ2) is 13.2. The van der Waals surface area contributed by atoms with Gasteiger partial charge in [-0.3, -0.25) is 4.79 Å². The number of hydrogen-bond acceptors (Lipinski definition) is 3. The van der Waals surface area contributed by atoms with Gasteiger partial charge in [0, 0.05) is 6.54 Å². The van der Waals surface area contributed by atoms with E-state index in [1.165, 1.54) is 44.9 Å². The molecule has 0 radical (unpaired) electrons. The molecule has 4 heteroatoms. The monoisotopic (exact) mass is 275 g/mol. The number of carbonyl (C=O) groups excluding carboxylic acids is 1. The average Bonchev–Trinajstić information content (AvgIpc) is 2.36. The number of hydrogen-bond donors (Lipinski definition) is 2. The zero-order valence-corrected chi connectivity index (χ0v) is 12.8. The van der Waals surface area contributed by atoms with Gasteiger partial charge in [0.1, 0.15) is 0 Å². The Kier molecular flexibility index (Phi) is 13.1. The van der Waals surface area contributed by atoms with Gasteiger partial charge in [0.25, 0.3) is 0 Å². The highest BCUT2D eigenvalue weighted by molar-refractivity contribution is 7.75. The van der Waals surface area contributed by atoms with Crippen LogP contribution in [0.15, 0.2) is 0 Å². The molecule has 0 spiro atoms. The summed E-state index contributed by atoms with van der Waals surface area (Å²) in [5.41, 5.74) is 0. The third-order valence-electron chi connectivity index (χ3n) is 3.01. The van der Waals surface area contributed by atoms with Crippen LogP contribution in [0.4, 0.5) is 0 Å². The van der Waals surface area contributed by atoms with Crippen LogP contribution >= 0.6 is 12.9 Å². The van der Waals surface area contributed by atoms with Crippen molar-refractivity contribution in [3.05, 3.63) is 0 Å². The van der Waals surface area contributed by atoms with Gasteiger partial charge in [-0.15, -0.1) is 0 Å². The number of unbranched alkanes of at least 4 members (excludes halogenated alkanes) is 7. The van der Waals surface area contributed by atoms with Crippen LogP contribution in [0.3, 0.4) is 0 Å². The zero-order chi connectivity index (χ0) is 13.6. The van der Waals surface area contributed by atoms with Gasteiger partial charge in [0.2, 0.25) is 5.91 Å². The molecule has 0 rings (SSSR count). The van der Waals surface area contributed by atoms with E-state index in [-0.39, 0.29) is 12.0 Å². The molecule has 0 aliphatic heterocycles. The summed E-state index contributed by atoms with van der Waals surface area (Å²) in [4.78, 5) is 11.4. The van der Waals surface area contributed by atoms with Crippen molar-refractivity contribution < 1.29 is 8.98 Å². The van der Waals surface area contributed by atoms with Crippen LogP contribution in [-0.4, -0.2) is 18.6 Å². The quantitative estimate of drug-likeness (QED) is 0.322. The number of thiol groups is 1. The molecule has 0 fully saturated rings. The molecule has 0 aromatic heterocycles. The van der Waals surface area contributed by atoms with Gasteiger partial charge in [-0.05, 0) is 26.3 Å². The van der Waals surface area contributed by atoms with Crippen molar-refractivity contribution in [2.75, 3.05) is 6.54 Å². The predicted molar refractivity (Wildman–Crippen MR) is 79.8 cm³/mol. The highest BCUT2D eigenvalue weighted by atomic mass is 32.1. The van der Waals surface area contributed by atoms with E-state index in [9.17, 15) is 4.79 Å². The van der Waals surface area contributed by atoms with Crippen molar-refractivity contribution in [2.45, 2.75) is 77.7 Å². The van der Waals surface area contributed by atoms with Crippen LogP contribution < -0.4 is 5.32 Å². The van der Waals surface area contributed by atoms with Crippen molar-refractivity contribution in [3.8, 4) is 0 Å². The molecule has 0 saturated heterocycles. The van der Waals surface area contributed by atoms with Crippen LogP contribution in [0.1, 0.15) is 71.6 Å². The van der Waals surface area contributed by atoms with E-state index in [4.69, 9.17) is 4.18 Å². The van der Waals surface area contributed by atoms with Crippen LogP contribution in [-0.2, 0) is 8.98 Å². The largest absolute Gasteiger partial charge is 0.356 e. The first-order chi connectivity index (χ1) is 8.70. The first-order valence-corrected chi connectivity index (χ1v) is 7.64. The maximum absolute atomic E-state index is 11.4. The Hall–Kier alpha value is -0.220. The Morgan fingerprint density at radius 3 is 2.22 bits per heavy atom. The van der Waals surface area contributed by atoms with Crippen LogP contribution in [0.5, 0.6) is 0 Å². The topological polar surface area (TPSA) is 38.3 Å². The van der Waals surface area contributed by atoms with E-state index in [0.717, 1.165) is 13.0 Å². The molecule has 0 bridgehead atoms. The molecule has 0 aliphatic carbocycles. The molecule has 3 nitrogen and oxygen atoms in total. The second-order valence-electron chi connectivity index (χ2n) is 4.94. The smallest absolute Gasteiger partial charge is 0.222 e.